The van der Waals surface area contributed by atoms with E-state index in [-0.39, 0.29) is 19.1 Å². The summed E-state index contributed by atoms with van der Waals surface area (Å²) < 4.78 is 6.13. The number of nitrogens with zero attached hydrogens (tertiary/aromatic N) is 3. The van der Waals surface area contributed by atoms with Crippen LogP contribution >= 0.6 is 0 Å². The van der Waals surface area contributed by atoms with Crippen LogP contribution in [0.2, 0.25) is 0 Å². The van der Waals surface area contributed by atoms with E-state index in [2.05, 4.69) is 20.4 Å². The van der Waals surface area contributed by atoms with Crippen molar-refractivity contribution in [3.63, 3.8) is 0 Å². The lowest BCUT2D eigenvalue weighted by atomic mass is 10.4. The topological polar surface area (TPSA) is 89.3 Å². The van der Waals surface area contributed by atoms with Crippen molar-refractivity contribution in [1.82, 2.24) is 20.3 Å². The highest BCUT2D eigenvalue weighted by Gasteiger charge is 2.02. The number of hydrogen-bond donors (Lipinski definition) is 2. The molecule has 0 bridgehead atoms. The first kappa shape index (κ1) is 12.6. The van der Waals surface area contributed by atoms with Gasteiger partial charge in [0.1, 0.15) is 0 Å². The highest BCUT2D eigenvalue weighted by Crippen LogP contribution is 1.94. The zero-order valence-electron chi connectivity index (χ0n) is 9.22. The van der Waals surface area contributed by atoms with Crippen LogP contribution in [0.1, 0.15) is 12.1 Å². The Hall–Kier alpha value is -1.47. The fourth-order valence-electron chi connectivity index (χ4n) is 1.13. The van der Waals surface area contributed by atoms with E-state index in [1.54, 1.807) is 10.9 Å². The number of carbonyl (C=O) groups is 1. The van der Waals surface area contributed by atoms with Crippen LogP contribution in [0.3, 0.4) is 0 Å². The molecular formula is C9H16N4O3. The maximum atomic E-state index is 10.8. The van der Waals surface area contributed by atoms with Crippen LogP contribution in [0, 0.1) is 0 Å². The van der Waals surface area contributed by atoms with Gasteiger partial charge in [0.15, 0.2) is 0 Å². The van der Waals surface area contributed by atoms with Crippen LogP contribution in [0.5, 0.6) is 0 Å². The van der Waals surface area contributed by atoms with Gasteiger partial charge in [0.25, 0.3) is 0 Å². The molecule has 0 amide bonds. The third-order valence-electron chi connectivity index (χ3n) is 1.93. The number of nitrogens with one attached hydrogen (secondary N) is 1. The van der Waals surface area contributed by atoms with Crippen molar-refractivity contribution in [3.05, 3.63) is 11.9 Å². The second kappa shape index (κ2) is 6.91. The van der Waals surface area contributed by atoms with Crippen LogP contribution < -0.4 is 5.32 Å². The van der Waals surface area contributed by atoms with Gasteiger partial charge in [-0.25, -0.2) is 0 Å². The van der Waals surface area contributed by atoms with Crippen LogP contribution in [-0.2, 0) is 22.6 Å². The van der Waals surface area contributed by atoms with Gasteiger partial charge in [0.2, 0.25) is 0 Å². The van der Waals surface area contributed by atoms with Crippen molar-refractivity contribution in [2.45, 2.75) is 19.5 Å². The molecule has 1 rings (SSSR count). The Morgan fingerprint density at radius 2 is 2.50 bits per heavy atom. The second-order valence-electron chi connectivity index (χ2n) is 3.23. The van der Waals surface area contributed by atoms with E-state index in [1.807, 2.05) is 0 Å². The zero-order valence-corrected chi connectivity index (χ0v) is 9.22. The molecule has 0 spiro atoms. The molecule has 1 heterocycles. The molecule has 90 valence electrons. The Morgan fingerprint density at radius 3 is 3.19 bits per heavy atom. The molecule has 0 atom stereocenters. The summed E-state index contributed by atoms with van der Waals surface area (Å²) in [5.74, 6) is -0.312. The van der Waals surface area contributed by atoms with Gasteiger partial charge in [0.05, 0.1) is 19.3 Å². The van der Waals surface area contributed by atoms with Gasteiger partial charge in [0, 0.05) is 25.9 Å². The number of rotatable bonds is 7. The summed E-state index contributed by atoms with van der Waals surface area (Å²) >= 11 is 0. The number of ether oxygens (including phenoxy) is 1. The smallest absolute Gasteiger partial charge is 0.319 e. The summed E-state index contributed by atoms with van der Waals surface area (Å²) in [5.41, 5.74) is 0.752. The average Bonchev–Trinajstić information content (AvgIpc) is 2.74. The second-order valence-corrected chi connectivity index (χ2v) is 3.23. The Labute approximate surface area is 93.4 Å². The van der Waals surface area contributed by atoms with Crippen LogP contribution in [0.4, 0.5) is 0 Å². The number of hydrogen-bond acceptors (Lipinski definition) is 6. The number of methoxy groups -OCH3 is 1. The predicted molar refractivity (Wildman–Crippen MR) is 55.4 cm³/mol. The molecule has 7 nitrogen and oxygen atoms in total. The number of aromatic nitrogens is 3. The van der Waals surface area contributed by atoms with Crippen molar-refractivity contribution < 1.29 is 14.6 Å². The maximum absolute atomic E-state index is 10.8. The molecule has 0 aromatic carbocycles. The van der Waals surface area contributed by atoms with Gasteiger partial charge in [-0.2, -0.15) is 0 Å². The minimum absolute atomic E-state index is 0.135. The molecule has 2 N–H and O–H groups in total. The standard InChI is InChI=1S/C9H16N4O3/c1-16-9(15)6-10-5-8-7-13(12-11-8)3-2-4-14/h7,10,14H,2-6H2,1H3. The van der Waals surface area contributed by atoms with Gasteiger partial charge in [-0.3, -0.25) is 9.48 Å². The first-order valence-electron chi connectivity index (χ1n) is 5.03. The molecule has 0 radical (unpaired) electrons. The minimum atomic E-state index is -0.312. The Balaban J connectivity index is 2.26. The molecule has 1 aromatic heterocycles. The summed E-state index contributed by atoms with van der Waals surface area (Å²) in [7, 11) is 1.34. The number of aliphatic hydroxyl groups excluding tert-OH is 1. The lowest BCUT2D eigenvalue weighted by molar-refractivity contribution is -0.139. The maximum Gasteiger partial charge on any atom is 0.319 e. The minimum Gasteiger partial charge on any atom is -0.468 e. The molecule has 0 aliphatic heterocycles. The van der Waals surface area contributed by atoms with Crippen molar-refractivity contribution in [2.24, 2.45) is 0 Å². The average molecular weight is 228 g/mol. The Kier molecular flexibility index (Phi) is 5.44. The summed E-state index contributed by atoms with van der Waals surface area (Å²) in [6, 6.07) is 0. The zero-order chi connectivity index (χ0) is 11.8. The SMILES string of the molecule is COC(=O)CNCc1cn(CCCO)nn1. The summed E-state index contributed by atoms with van der Waals surface area (Å²) in [6.07, 6.45) is 2.43. The molecule has 16 heavy (non-hydrogen) atoms. The lowest BCUT2D eigenvalue weighted by Gasteiger charge is -1.99. The van der Waals surface area contributed by atoms with E-state index in [1.165, 1.54) is 7.11 Å². The third-order valence-corrected chi connectivity index (χ3v) is 1.93. The molecule has 0 fully saturated rings. The summed E-state index contributed by atoms with van der Waals surface area (Å²) in [6.45, 7) is 1.39. The van der Waals surface area contributed by atoms with Crippen LogP contribution in [-0.4, -0.2) is 46.3 Å². The largest absolute Gasteiger partial charge is 0.468 e. The van der Waals surface area contributed by atoms with Crippen molar-refractivity contribution in [1.29, 1.82) is 0 Å². The van der Waals surface area contributed by atoms with Crippen LogP contribution in [0.25, 0.3) is 0 Å². The van der Waals surface area contributed by atoms with E-state index < -0.39 is 0 Å². The van der Waals surface area contributed by atoms with E-state index >= 15 is 0 Å². The molecule has 0 saturated carbocycles. The fraction of sp³-hybridized carbons (Fsp3) is 0.667. The Bertz CT molecular complexity index is 326. The number of aliphatic hydroxyl groups is 1. The molecule has 0 unspecified atom stereocenters. The predicted octanol–water partition coefficient (Wildman–Crippen LogP) is -1.08. The van der Waals surface area contributed by atoms with Crippen molar-refractivity contribution >= 4 is 5.97 Å². The van der Waals surface area contributed by atoms with Gasteiger partial charge < -0.3 is 15.2 Å². The quantitative estimate of drug-likeness (QED) is 0.577. The molecule has 0 saturated heterocycles. The molecule has 1 aromatic rings. The van der Waals surface area contributed by atoms with E-state index in [4.69, 9.17) is 5.11 Å². The van der Waals surface area contributed by atoms with Crippen molar-refractivity contribution in [2.75, 3.05) is 20.3 Å². The number of aryl methyl sites for hydroxylation is 1. The molecule has 0 aliphatic rings. The van der Waals surface area contributed by atoms with E-state index in [0.717, 1.165) is 5.69 Å². The summed E-state index contributed by atoms with van der Waals surface area (Å²) in [4.78, 5) is 10.8. The number of carbonyl (C=O) groups excluding carboxylic acids is 1. The highest BCUT2D eigenvalue weighted by molar-refractivity contribution is 5.71. The van der Waals surface area contributed by atoms with Gasteiger partial charge in [-0.15, -0.1) is 5.10 Å². The van der Waals surface area contributed by atoms with Crippen LogP contribution in [0.15, 0.2) is 6.20 Å². The molecule has 7 heteroatoms. The normalized spacial score (nSPS) is 10.4. The van der Waals surface area contributed by atoms with Gasteiger partial charge >= 0.3 is 5.97 Å². The highest BCUT2D eigenvalue weighted by atomic mass is 16.5. The number of esters is 1. The third kappa shape index (κ3) is 4.37. The van der Waals surface area contributed by atoms with E-state index in [9.17, 15) is 4.79 Å². The Morgan fingerprint density at radius 1 is 1.69 bits per heavy atom. The van der Waals surface area contributed by atoms with Gasteiger partial charge in [-0.1, -0.05) is 5.21 Å². The van der Waals surface area contributed by atoms with Gasteiger partial charge in [-0.05, 0) is 6.42 Å². The first-order chi connectivity index (χ1) is 7.76. The summed E-state index contributed by atoms with van der Waals surface area (Å²) in [5, 5.41) is 19.3. The fourth-order valence-corrected chi connectivity index (χ4v) is 1.13. The van der Waals surface area contributed by atoms with Crippen molar-refractivity contribution in [3.8, 4) is 0 Å². The molecular weight excluding hydrogens is 212 g/mol. The lowest BCUT2D eigenvalue weighted by Crippen LogP contribution is -2.23. The van der Waals surface area contributed by atoms with E-state index in [0.29, 0.717) is 19.5 Å². The first-order valence-corrected chi connectivity index (χ1v) is 5.03. The monoisotopic (exact) mass is 228 g/mol. The molecule has 0 aliphatic carbocycles.